The number of halogens is 1. The first-order chi connectivity index (χ1) is 11.1. The van der Waals surface area contributed by atoms with Gasteiger partial charge in [-0.2, -0.15) is 0 Å². The minimum absolute atomic E-state index is 0.0116. The van der Waals surface area contributed by atoms with Gasteiger partial charge < -0.3 is 9.52 Å². The van der Waals surface area contributed by atoms with Crippen molar-refractivity contribution in [1.29, 1.82) is 0 Å². The Kier molecular flexibility index (Phi) is 5.22. The molecule has 2 aromatic heterocycles. The first kappa shape index (κ1) is 16.7. The van der Waals surface area contributed by atoms with E-state index in [0.717, 1.165) is 18.8 Å². The van der Waals surface area contributed by atoms with E-state index in [9.17, 15) is 5.11 Å². The molecule has 2 aromatic rings. The van der Waals surface area contributed by atoms with Crippen LogP contribution in [0.4, 0.5) is 0 Å². The van der Waals surface area contributed by atoms with Gasteiger partial charge in [-0.15, -0.1) is 15.3 Å². The summed E-state index contributed by atoms with van der Waals surface area (Å²) in [6.07, 6.45) is -0.440. The molecule has 23 heavy (non-hydrogen) atoms. The quantitative estimate of drug-likeness (QED) is 0.816. The molecule has 3 rings (SSSR count). The van der Waals surface area contributed by atoms with Crippen molar-refractivity contribution in [2.75, 3.05) is 19.6 Å². The maximum atomic E-state index is 10.4. The van der Waals surface area contributed by atoms with E-state index >= 15 is 0 Å². The van der Waals surface area contributed by atoms with Crippen molar-refractivity contribution >= 4 is 23.1 Å². The summed E-state index contributed by atoms with van der Waals surface area (Å²) in [5.74, 6) is 1.12. The largest absolute Gasteiger partial charge is 0.424 e. The fourth-order valence-electron chi connectivity index (χ4n) is 2.88. The maximum absolute atomic E-state index is 10.4. The summed E-state index contributed by atoms with van der Waals surface area (Å²) in [5.41, 5.74) is 0.764. The van der Waals surface area contributed by atoms with E-state index < -0.39 is 6.10 Å². The predicted molar refractivity (Wildman–Crippen MR) is 85.1 cm³/mol. The summed E-state index contributed by atoms with van der Waals surface area (Å²) in [6.45, 7) is 7.06. The maximum Gasteiger partial charge on any atom is 0.230 e. The zero-order chi connectivity index (χ0) is 16.4. The van der Waals surface area contributed by atoms with Crippen molar-refractivity contribution in [1.82, 2.24) is 29.6 Å². The van der Waals surface area contributed by atoms with E-state index in [4.69, 9.17) is 16.0 Å². The van der Waals surface area contributed by atoms with Crippen LogP contribution in [-0.2, 0) is 13.1 Å². The molecule has 1 saturated heterocycles. The smallest absolute Gasteiger partial charge is 0.230 e. The van der Waals surface area contributed by atoms with Gasteiger partial charge >= 0.3 is 0 Å². The molecule has 3 heterocycles. The molecule has 1 fully saturated rings. The minimum Gasteiger partial charge on any atom is -0.424 e. The Labute approximate surface area is 143 Å². The number of aliphatic hydroxyl groups is 1. The molecule has 0 spiro atoms. The first-order valence-electron chi connectivity index (χ1n) is 7.47. The summed E-state index contributed by atoms with van der Waals surface area (Å²) in [5, 5.41) is 22.3. The molecule has 0 amide bonds. The summed E-state index contributed by atoms with van der Waals surface area (Å²) < 4.78 is 9.90. The summed E-state index contributed by atoms with van der Waals surface area (Å²) in [7, 11) is 0. The van der Waals surface area contributed by atoms with E-state index in [0.29, 0.717) is 35.8 Å². The number of hydrogen-bond donors (Lipinski definition) is 1. The van der Waals surface area contributed by atoms with Crippen LogP contribution in [0.5, 0.6) is 0 Å². The second kappa shape index (κ2) is 7.18. The standard InChI is InChI=1S/C13H19ClN6O2S/c1-3-20(7-12-17-15-8(2)22-12)10-5-19(6-11(10)21)4-9-13(14)23-18-16-9/h10-11,21H,3-7H2,1-2H3/t10-,11+/m0/s1. The van der Waals surface area contributed by atoms with E-state index in [1.165, 1.54) is 11.5 Å². The highest BCUT2D eigenvalue weighted by atomic mass is 35.5. The highest BCUT2D eigenvalue weighted by molar-refractivity contribution is 7.10. The van der Waals surface area contributed by atoms with Crippen LogP contribution < -0.4 is 0 Å². The van der Waals surface area contributed by atoms with E-state index in [1.54, 1.807) is 6.92 Å². The van der Waals surface area contributed by atoms with Gasteiger partial charge in [0.1, 0.15) is 10.0 Å². The highest BCUT2D eigenvalue weighted by Gasteiger charge is 2.36. The lowest BCUT2D eigenvalue weighted by molar-refractivity contribution is 0.0760. The Morgan fingerprint density at radius 2 is 2.22 bits per heavy atom. The molecule has 0 saturated carbocycles. The predicted octanol–water partition coefficient (Wildman–Crippen LogP) is 0.950. The number of rotatable bonds is 6. The second-order valence-electron chi connectivity index (χ2n) is 5.60. The van der Waals surface area contributed by atoms with Crippen molar-refractivity contribution in [3.8, 4) is 0 Å². The van der Waals surface area contributed by atoms with Gasteiger partial charge in [-0.3, -0.25) is 9.80 Å². The number of aryl methyl sites for hydroxylation is 1. The van der Waals surface area contributed by atoms with E-state index in [-0.39, 0.29) is 6.04 Å². The molecule has 0 bridgehead atoms. The Balaban J connectivity index is 1.63. The SMILES string of the molecule is CCN(Cc1nnc(C)o1)[C@H]1CN(Cc2nnsc2Cl)C[C@H]1O. The monoisotopic (exact) mass is 358 g/mol. The second-order valence-corrected chi connectivity index (χ2v) is 6.96. The molecule has 1 aliphatic heterocycles. The van der Waals surface area contributed by atoms with E-state index in [2.05, 4.69) is 36.5 Å². The normalized spacial score (nSPS) is 22.3. The van der Waals surface area contributed by atoms with Gasteiger partial charge in [-0.25, -0.2) is 0 Å². The Morgan fingerprint density at radius 1 is 1.39 bits per heavy atom. The molecule has 126 valence electrons. The zero-order valence-electron chi connectivity index (χ0n) is 13.0. The summed E-state index contributed by atoms with van der Waals surface area (Å²) in [4.78, 5) is 4.29. The van der Waals surface area contributed by atoms with Gasteiger partial charge in [-0.05, 0) is 6.54 Å². The molecule has 2 atom stereocenters. The Morgan fingerprint density at radius 3 is 2.83 bits per heavy atom. The lowest BCUT2D eigenvalue weighted by Crippen LogP contribution is -2.42. The van der Waals surface area contributed by atoms with Crippen LogP contribution in [0, 0.1) is 6.92 Å². The number of likely N-dealkylation sites (N-methyl/N-ethyl adjacent to an activating group) is 1. The fraction of sp³-hybridized carbons (Fsp3) is 0.692. The van der Waals surface area contributed by atoms with Gasteiger partial charge in [0.2, 0.25) is 11.8 Å². The summed E-state index contributed by atoms with van der Waals surface area (Å²) in [6, 6.07) is 0.0116. The summed E-state index contributed by atoms with van der Waals surface area (Å²) >= 11 is 7.24. The lowest BCUT2D eigenvalue weighted by atomic mass is 10.2. The van der Waals surface area contributed by atoms with Gasteiger partial charge in [0.05, 0.1) is 18.7 Å². The van der Waals surface area contributed by atoms with Gasteiger partial charge in [0, 0.05) is 38.1 Å². The van der Waals surface area contributed by atoms with Crippen molar-refractivity contribution in [2.45, 2.75) is 39.1 Å². The molecular weight excluding hydrogens is 340 g/mol. The lowest BCUT2D eigenvalue weighted by Gasteiger charge is -2.28. The van der Waals surface area contributed by atoms with Crippen LogP contribution in [0.15, 0.2) is 4.42 Å². The number of nitrogens with zero attached hydrogens (tertiary/aromatic N) is 6. The minimum atomic E-state index is -0.440. The van der Waals surface area contributed by atoms with Crippen molar-refractivity contribution in [2.24, 2.45) is 0 Å². The van der Waals surface area contributed by atoms with Crippen LogP contribution in [0.2, 0.25) is 4.34 Å². The highest BCUT2D eigenvalue weighted by Crippen LogP contribution is 2.23. The van der Waals surface area contributed by atoms with Crippen molar-refractivity contribution in [3.63, 3.8) is 0 Å². The number of aromatic nitrogens is 4. The fourth-order valence-corrected chi connectivity index (χ4v) is 3.49. The molecule has 0 radical (unpaired) electrons. The number of β-amino-alcohol motifs (C(OH)–C–C–N with tert-alkyl or cyclic N) is 1. The third-order valence-corrected chi connectivity index (χ3v) is 4.98. The molecule has 0 aliphatic carbocycles. The molecule has 0 aromatic carbocycles. The third-order valence-electron chi connectivity index (χ3n) is 4.00. The Hall–Kier alpha value is -1.13. The molecule has 0 unspecified atom stereocenters. The first-order valence-corrected chi connectivity index (χ1v) is 8.62. The van der Waals surface area contributed by atoms with Crippen LogP contribution in [-0.4, -0.2) is 66.5 Å². The Bertz CT molecular complexity index is 650. The zero-order valence-corrected chi connectivity index (χ0v) is 14.6. The molecule has 1 aliphatic rings. The van der Waals surface area contributed by atoms with Crippen molar-refractivity contribution < 1.29 is 9.52 Å². The molecule has 1 N–H and O–H groups in total. The van der Waals surface area contributed by atoms with Crippen LogP contribution in [0.1, 0.15) is 24.4 Å². The molecule has 10 heteroatoms. The van der Waals surface area contributed by atoms with Crippen LogP contribution >= 0.6 is 23.1 Å². The molecule has 8 nitrogen and oxygen atoms in total. The third kappa shape index (κ3) is 3.86. The average Bonchev–Trinajstić information content (AvgIpc) is 3.20. The number of aliphatic hydroxyl groups excluding tert-OH is 1. The number of hydrogen-bond acceptors (Lipinski definition) is 9. The van der Waals surface area contributed by atoms with Crippen LogP contribution in [0.3, 0.4) is 0 Å². The van der Waals surface area contributed by atoms with Crippen molar-refractivity contribution in [3.05, 3.63) is 21.8 Å². The van der Waals surface area contributed by atoms with E-state index in [1.807, 2.05) is 0 Å². The van der Waals surface area contributed by atoms with Gasteiger partial charge in [0.25, 0.3) is 0 Å². The average molecular weight is 359 g/mol. The molecular formula is C13H19ClN6O2S. The number of likely N-dealkylation sites (tertiary alicyclic amines) is 1. The topological polar surface area (TPSA) is 91.4 Å². The van der Waals surface area contributed by atoms with Gasteiger partial charge in [0.15, 0.2) is 0 Å². The van der Waals surface area contributed by atoms with Crippen LogP contribution in [0.25, 0.3) is 0 Å². The van der Waals surface area contributed by atoms with Gasteiger partial charge in [-0.1, -0.05) is 23.0 Å².